The number of nitrogens with zero attached hydrogens (tertiary/aromatic N) is 2. The van der Waals surface area contributed by atoms with Gasteiger partial charge in [-0.05, 0) is 35.4 Å². The largest absolute Gasteiger partial charge is 0.481 e. The molecule has 0 radical (unpaired) electrons. The van der Waals surface area contributed by atoms with Gasteiger partial charge in [0.15, 0.2) is 16.6 Å². The first-order valence-electron chi connectivity index (χ1n) is 10.5. The van der Waals surface area contributed by atoms with Crippen LogP contribution in [0.5, 0.6) is 0 Å². The molecule has 0 spiro atoms. The number of fused-ring (bicyclic) bond motifs is 3. The van der Waals surface area contributed by atoms with E-state index in [0.29, 0.717) is 33.3 Å². The number of carbonyl (C=O) groups is 2. The van der Waals surface area contributed by atoms with Crippen LogP contribution in [-0.4, -0.2) is 32.1 Å². The van der Waals surface area contributed by atoms with Crippen molar-refractivity contribution in [3.8, 4) is 0 Å². The number of carboxylic acid groups (broad SMARTS) is 2. The predicted octanol–water partition coefficient (Wildman–Crippen LogP) is 4.49. The Morgan fingerprint density at radius 2 is 1.41 bits per heavy atom. The second-order valence-electron chi connectivity index (χ2n) is 8.03. The van der Waals surface area contributed by atoms with Crippen LogP contribution in [-0.2, 0) is 15.0 Å². The van der Waals surface area contributed by atoms with E-state index in [1.807, 2.05) is 12.1 Å². The molecule has 1 aliphatic carbocycles. The molecule has 2 heterocycles. The smallest absolute Gasteiger partial charge is 0.324 e. The molecular weight excluding hydrogens is 436 g/mol. The molecule has 166 valence electrons. The van der Waals surface area contributed by atoms with E-state index in [0.717, 1.165) is 0 Å². The van der Waals surface area contributed by atoms with Crippen molar-refractivity contribution in [1.82, 2.24) is 9.97 Å². The molecule has 34 heavy (non-hydrogen) atoms. The van der Waals surface area contributed by atoms with Crippen molar-refractivity contribution in [1.29, 1.82) is 0 Å². The summed E-state index contributed by atoms with van der Waals surface area (Å²) in [4.78, 5) is 34.5. The van der Waals surface area contributed by atoms with E-state index in [-0.39, 0.29) is 17.3 Å². The highest BCUT2D eigenvalue weighted by molar-refractivity contribution is 5.99. The van der Waals surface area contributed by atoms with E-state index in [1.54, 1.807) is 60.7 Å². The number of hydrogen-bond donors (Lipinski definition) is 2. The van der Waals surface area contributed by atoms with Gasteiger partial charge >= 0.3 is 11.9 Å². The quantitative estimate of drug-likeness (QED) is 0.409. The maximum atomic E-state index is 13.0. The molecule has 1 aliphatic rings. The molecule has 0 fully saturated rings. The van der Waals surface area contributed by atoms with E-state index in [1.165, 1.54) is 6.08 Å². The van der Waals surface area contributed by atoms with Crippen molar-refractivity contribution >= 4 is 39.7 Å². The first-order chi connectivity index (χ1) is 16.5. The van der Waals surface area contributed by atoms with Crippen LogP contribution in [0.1, 0.15) is 22.9 Å². The number of carboxylic acids is 2. The molecule has 0 saturated carbocycles. The third kappa shape index (κ3) is 2.65. The molecular formula is C26H16N2O6. The van der Waals surface area contributed by atoms with Crippen LogP contribution in [0.4, 0.5) is 0 Å². The maximum Gasteiger partial charge on any atom is 0.324 e. The lowest BCUT2D eigenvalue weighted by atomic mass is 9.64. The highest BCUT2D eigenvalue weighted by atomic mass is 16.4. The zero-order chi connectivity index (χ0) is 23.4. The fourth-order valence-electron chi connectivity index (χ4n) is 4.67. The summed E-state index contributed by atoms with van der Waals surface area (Å²) in [5, 5.41) is 20.8. The van der Waals surface area contributed by atoms with Crippen LogP contribution in [0.25, 0.3) is 27.8 Å². The molecule has 2 aromatic heterocycles. The van der Waals surface area contributed by atoms with Crippen molar-refractivity contribution in [2.24, 2.45) is 5.92 Å². The van der Waals surface area contributed by atoms with Crippen molar-refractivity contribution in [2.75, 3.05) is 0 Å². The number of hydrogen-bond acceptors (Lipinski definition) is 6. The minimum Gasteiger partial charge on any atom is -0.481 e. The van der Waals surface area contributed by atoms with E-state index < -0.39 is 23.3 Å². The van der Waals surface area contributed by atoms with Crippen LogP contribution in [0.3, 0.4) is 0 Å². The summed E-state index contributed by atoms with van der Waals surface area (Å²) in [6.07, 6.45) is 1.37. The molecule has 8 heteroatoms. The van der Waals surface area contributed by atoms with Crippen LogP contribution < -0.4 is 0 Å². The van der Waals surface area contributed by atoms with E-state index >= 15 is 0 Å². The van der Waals surface area contributed by atoms with Crippen molar-refractivity contribution in [3.63, 3.8) is 0 Å². The molecule has 0 aliphatic heterocycles. The first kappa shape index (κ1) is 19.9. The number of oxazole rings is 2. The molecule has 2 N–H and O–H groups in total. The lowest BCUT2D eigenvalue weighted by molar-refractivity contribution is -0.153. The minimum absolute atomic E-state index is 0.200. The number of benzene rings is 3. The fourth-order valence-corrected chi connectivity index (χ4v) is 4.67. The molecule has 0 amide bonds. The summed E-state index contributed by atoms with van der Waals surface area (Å²) < 4.78 is 11.8. The van der Waals surface area contributed by atoms with Gasteiger partial charge in [0.1, 0.15) is 17.0 Å². The molecule has 0 saturated heterocycles. The van der Waals surface area contributed by atoms with Gasteiger partial charge in [-0.1, -0.05) is 54.6 Å². The number of para-hydroxylation sites is 4. The van der Waals surface area contributed by atoms with Crippen LogP contribution in [0, 0.1) is 5.92 Å². The SMILES string of the molecule is O=C(O)C1C=C(c2nc3ccccc3o2)c2ccccc2C1(C(=O)O)c1nc2ccccc2o1. The zero-order valence-corrected chi connectivity index (χ0v) is 17.5. The Bertz CT molecular complexity index is 1580. The Morgan fingerprint density at radius 3 is 2.06 bits per heavy atom. The maximum absolute atomic E-state index is 13.0. The molecule has 2 unspecified atom stereocenters. The summed E-state index contributed by atoms with van der Waals surface area (Å²) >= 11 is 0. The molecule has 5 aromatic rings. The van der Waals surface area contributed by atoms with Gasteiger partial charge in [0.2, 0.25) is 11.8 Å². The van der Waals surface area contributed by atoms with Crippen molar-refractivity contribution in [3.05, 3.63) is 102 Å². The molecule has 3 aromatic carbocycles. The highest BCUT2D eigenvalue weighted by Gasteiger charge is 2.59. The zero-order valence-electron chi connectivity index (χ0n) is 17.5. The molecule has 8 nitrogen and oxygen atoms in total. The summed E-state index contributed by atoms with van der Waals surface area (Å²) in [6, 6.07) is 20.7. The fraction of sp³-hybridized carbons (Fsp3) is 0.0769. The van der Waals surface area contributed by atoms with Gasteiger partial charge in [-0.2, -0.15) is 0 Å². The minimum atomic E-state index is -2.10. The third-order valence-electron chi connectivity index (χ3n) is 6.20. The normalized spacial score (nSPS) is 19.6. The second kappa shape index (κ2) is 7.14. The van der Waals surface area contributed by atoms with Crippen LogP contribution in [0.15, 0.2) is 87.7 Å². The Hall–Kier alpha value is -4.72. The van der Waals surface area contributed by atoms with Gasteiger partial charge in [-0.25, -0.2) is 9.97 Å². The Kier molecular flexibility index (Phi) is 4.19. The lowest BCUT2D eigenvalue weighted by Gasteiger charge is -2.36. The monoisotopic (exact) mass is 452 g/mol. The van der Waals surface area contributed by atoms with Gasteiger partial charge in [0.05, 0.1) is 0 Å². The van der Waals surface area contributed by atoms with Gasteiger partial charge < -0.3 is 19.0 Å². The van der Waals surface area contributed by atoms with Gasteiger partial charge in [0, 0.05) is 5.57 Å². The average molecular weight is 452 g/mol. The van der Waals surface area contributed by atoms with Crippen LogP contribution >= 0.6 is 0 Å². The summed E-state index contributed by atoms with van der Waals surface area (Å²) in [6.45, 7) is 0. The Labute approximate surface area is 191 Å². The predicted molar refractivity (Wildman–Crippen MR) is 121 cm³/mol. The van der Waals surface area contributed by atoms with E-state index in [2.05, 4.69) is 9.97 Å². The Balaban J connectivity index is 1.67. The second-order valence-corrected chi connectivity index (χ2v) is 8.03. The number of rotatable bonds is 4. The van der Waals surface area contributed by atoms with Crippen molar-refractivity contribution in [2.45, 2.75) is 5.41 Å². The summed E-state index contributed by atoms with van der Waals surface area (Å²) in [5.74, 6) is -4.26. The van der Waals surface area contributed by atoms with Crippen LogP contribution in [0.2, 0.25) is 0 Å². The highest BCUT2D eigenvalue weighted by Crippen LogP contribution is 2.49. The summed E-state index contributed by atoms with van der Waals surface area (Å²) in [5.41, 5.74) is 0.969. The number of aliphatic carboxylic acids is 2. The topological polar surface area (TPSA) is 127 Å². The van der Waals surface area contributed by atoms with Gasteiger partial charge in [-0.3, -0.25) is 9.59 Å². The van der Waals surface area contributed by atoms with Gasteiger partial charge in [0.25, 0.3) is 0 Å². The van der Waals surface area contributed by atoms with E-state index in [9.17, 15) is 19.8 Å². The Morgan fingerprint density at radius 1 is 0.794 bits per heavy atom. The standard InChI is InChI=1S/C26H16N2O6/c29-23(30)17-13-15(22-27-18-9-3-5-11-20(18)33-22)14-7-1-2-8-16(14)26(17,25(31)32)24-28-19-10-4-6-12-21(19)34-24/h1-13,17H,(H,29,30)(H,31,32). The molecule has 2 atom stereocenters. The van der Waals surface area contributed by atoms with Crippen molar-refractivity contribution < 1.29 is 28.6 Å². The first-order valence-corrected chi connectivity index (χ1v) is 10.5. The third-order valence-corrected chi connectivity index (χ3v) is 6.20. The number of aromatic nitrogens is 2. The lowest BCUT2D eigenvalue weighted by Crippen LogP contribution is -2.49. The molecule has 0 bridgehead atoms. The van der Waals surface area contributed by atoms with Gasteiger partial charge in [-0.15, -0.1) is 0 Å². The average Bonchev–Trinajstić information content (AvgIpc) is 3.47. The molecule has 6 rings (SSSR count). The van der Waals surface area contributed by atoms with E-state index in [4.69, 9.17) is 8.83 Å². The summed E-state index contributed by atoms with van der Waals surface area (Å²) in [7, 11) is 0.